The molecule has 0 radical (unpaired) electrons. The topological polar surface area (TPSA) is 96.4 Å². The molecule has 2 aliphatic heterocycles. The van der Waals surface area contributed by atoms with Gasteiger partial charge in [-0.15, -0.1) is 0 Å². The Hall–Kier alpha value is -3.78. The van der Waals surface area contributed by atoms with Crippen LogP contribution < -0.4 is 10.2 Å². The van der Waals surface area contributed by atoms with Crippen LogP contribution in [0, 0.1) is 11.6 Å². The van der Waals surface area contributed by atoms with Crippen molar-refractivity contribution in [2.75, 3.05) is 76.9 Å². The van der Waals surface area contributed by atoms with Crippen LogP contribution in [0.1, 0.15) is 16.8 Å². The average Bonchev–Trinajstić information content (AvgIpc) is 2.99. The zero-order chi connectivity index (χ0) is 30.7. The molecule has 0 bridgehead atoms. The molecule has 0 aromatic heterocycles. The molecule has 9 nitrogen and oxygen atoms in total. The van der Waals surface area contributed by atoms with E-state index in [1.165, 1.54) is 11.8 Å². The number of hydrogen-bond donors (Lipinski definition) is 2. The number of rotatable bonds is 8. The van der Waals surface area contributed by atoms with E-state index in [1.807, 2.05) is 18.2 Å². The Labute approximate surface area is 240 Å². The number of carboxylic acids is 1. The fourth-order valence-electron chi connectivity index (χ4n) is 4.56. The Kier molecular flexibility index (Phi) is 12.0. The second-order valence-corrected chi connectivity index (χ2v) is 9.77. The summed E-state index contributed by atoms with van der Waals surface area (Å²) >= 11 is 0. The third-order valence-corrected chi connectivity index (χ3v) is 6.94. The number of carbonyl (C=O) groups excluding carboxylic acids is 2. The van der Waals surface area contributed by atoms with Crippen LogP contribution in [0.5, 0.6) is 0 Å². The van der Waals surface area contributed by atoms with Gasteiger partial charge in [0.25, 0.3) is 5.91 Å². The molecule has 0 saturated carbocycles. The van der Waals surface area contributed by atoms with E-state index in [0.717, 1.165) is 51.4 Å². The Morgan fingerprint density at radius 3 is 2.05 bits per heavy atom. The molecule has 0 unspecified atom stereocenters. The fraction of sp³-hybridized carbons (Fsp3) is 0.464. The first-order valence-corrected chi connectivity index (χ1v) is 13.5. The van der Waals surface area contributed by atoms with Crippen LogP contribution in [0.2, 0.25) is 0 Å². The number of anilines is 1. The lowest BCUT2D eigenvalue weighted by Gasteiger charge is -2.37. The van der Waals surface area contributed by atoms with Crippen molar-refractivity contribution in [3.05, 3.63) is 65.7 Å². The van der Waals surface area contributed by atoms with Gasteiger partial charge < -0.3 is 25.1 Å². The maximum atomic E-state index is 13.8. The number of carbonyl (C=O) groups is 3. The second kappa shape index (κ2) is 15.4. The number of halogens is 5. The van der Waals surface area contributed by atoms with E-state index in [0.29, 0.717) is 26.2 Å². The molecule has 2 heterocycles. The van der Waals surface area contributed by atoms with E-state index in [1.54, 1.807) is 9.80 Å². The van der Waals surface area contributed by atoms with Gasteiger partial charge in [-0.05, 0) is 30.3 Å². The summed E-state index contributed by atoms with van der Waals surface area (Å²) in [5.74, 6) is -5.18. The highest BCUT2D eigenvalue weighted by Crippen LogP contribution is 2.17. The predicted molar refractivity (Wildman–Crippen MR) is 145 cm³/mol. The number of amides is 2. The summed E-state index contributed by atoms with van der Waals surface area (Å²) in [4.78, 5) is 42.8. The van der Waals surface area contributed by atoms with Crippen LogP contribution in [0.4, 0.5) is 27.6 Å². The van der Waals surface area contributed by atoms with Gasteiger partial charge in [0, 0.05) is 89.7 Å². The van der Waals surface area contributed by atoms with Gasteiger partial charge in [-0.25, -0.2) is 13.6 Å². The van der Waals surface area contributed by atoms with Crippen molar-refractivity contribution in [1.29, 1.82) is 0 Å². The lowest BCUT2D eigenvalue weighted by atomic mass is 10.1. The van der Waals surface area contributed by atoms with Crippen molar-refractivity contribution in [3.8, 4) is 0 Å². The molecule has 0 aliphatic carbocycles. The number of piperazine rings is 2. The van der Waals surface area contributed by atoms with Gasteiger partial charge in [-0.1, -0.05) is 18.2 Å². The first kappa shape index (κ1) is 32.7. The number of carboxylic acid groups (broad SMARTS) is 1. The summed E-state index contributed by atoms with van der Waals surface area (Å²) in [7, 11) is 0. The SMILES string of the molecule is O=C(CCN(CCN1CCN(c2ccccc2)CC1)C(=O)c1ccc(F)c(F)c1)N1CCNCC1.O=C(O)C(F)(F)F. The second-order valence-electron chi connectivity index (χ2n) is 9.77. The van der Waals surface area contributed by atoms with E-state index in [2.05, 4.69) is 27.2 Å². The van der Waals surface area contributed by atoms with E-state index >= 15 is 0 Å². The molecule has 0 spiro atoms. The van der Waals surface area contributed by atoms with Gasteiger partial charge in [-0.2, -0.15) is 13.2 Å². The summed E-state index contributed by atoms with van der Waals surface area (Å²) in [6.45, 7) is 7.65. The minimum Gasteiger partial charge on any atom is -0.475 e. The zero-order valence-electron chi connectivity index (χ0n) is 23.0. The van der Waals surface area contributed by atoms with Gasteiger partial charge in [0.2, 0.25) is 5.91 Å². The maximum absolute atomic E-state index is 13.8. The van der Waals surface area contributed by atoms with Crippen LogP contribution >= 0.6 is 0 Å². The van der Waals surface area contributed by atoms with Crippen molar-refractivity contribution in [3.63, 3.8) is 0 Å². The number of nitrogens with one attached hydrogen (secondary N) is 1. The summed E-state index contributed by atoms with van der Waals surface area (Å²) < 4.78 is 58.9. The van der Waals surface area contributed by atoms with E-state index in [9.17, 15) is 31.5 Å². The molecule has 2 aromatic carbocycles. The normalized spacial score (nSPS) is 15.9. The van der Waals surface area contributed by atoms with Crippen LogP contribution in [-0.2, 0) is 9.59 Å². The third-order valence-electron chi connectivity index (χ3n) is 6.94. The molecule has 2 aliphatic rings. The maximum Gasteiger partial charge on any atom is 0.490 e. The number of para-hydroxylation sites is 1. The molecule has 2 fully saturated rings. The molecule has 42 heavy (non-hydrogen) atoms. The van der Waals surface area contributed by atoms with Gasteiger partial charge in [0.15, 0.2) is 11.6 Å². The standard InChI is InChI=1S/C26H33F2N5O2.C2HF3O2/c27-23-7-6-21(20-24(23)28)26(35)33(11-8-25(34)32-12-9-29-10-13-32)19-16-30-14-17-31(18-15-30)22-4-2-1-3-5-22;3-2(4,5)1(6)7/h1-7,20,29H,8-19H2;(H,6,7). The van der Waals surface area contributed by atoms with E-state index in [-0.39, 0.29) is 30.3 Å². The summed E-state index contributed by atoms with van der Waals surface area (Å²) in [6.07, 6.45) is -4.88. The molecule has 2 N–H and O–H groups in total. The molecule has 230 valence electrons. The Balaban J connectivity index is 0.000000616. The number of nitrogens with zero attached hydrogens (tertiary/aromatic N) is 4. The zero-order valence-corrected chi connectivity index (χ0v) is 23.0. The van der Waals surface area contributed by atoms with E-state index in [4.69, 9.17) is 9.90 Å². The first-order chi connectivity index (χ1) is 20.0. The van der Waals surface area contributed by atoms with Crippen molar-refractivity contribution in [2.24, 2.45) is 0 Å². The summed E-state index contributed by atoms with van der Waals surface area (Å²) in [6, 6.07) is 13.5. The number of alkyl halides is 3. The minimum absolute atomic E-state index is 0.00561. The van der Waals surface area contributed by atoms with Gasteiger partial charge in [-0.3, -0.25) is 14.5 Å². The highest BCUT2D eigenvalue weighted by Gasteiger charge is 2.38. The highest BCUT2D eigenvalue weighted by molar-refractivity contribution is 5.94. The largest absolute Gasteiger partial charge is 0.490 e. The summed E-state index contributed by atoms with van der Waals surface area (Å²) in [5, 5.41) is 10.3. The number of aliphatic carboxylic acids is 1. The molecule has 2 aromatic rings. The van der Waals surface area contributed by atoms with Crippen LogP contribution in [0.25, 0.3) is 0 Å². The Bertz CT molecular complexity index is 1190. The Morgan fingerprint density at radius 2 is 1.48 bits per heavy atom. The minimum atomic E-state index is -5.08. The lowest BCUT2D eigenvalue weighted by Crippen LogP contribution is -2.50. The number of hydrogen-bond acceptors (Lipinski definition) is 6. The monoisotopic (exact) mass is 599 g/mol. The van der Waals surface area contributed by atoms with E-state index < -0.39 is 23.8 Å². The smallest absolute Gasteiger partial charge is 0.475 e. The van der Waals surface area contributed by atoms with Crippen molar-refractivity contribution in [1.82, 2.24) is 20.0 Å². The van der Waals surface area contributed by atoms with Crippen LogP contribution in [0.3, 0.4) is 0 Å². The molecule has 0 atom stereocenters. The van der Waals surface area contributed by atoms with Gasteiger partial charge in [0.1, 0.15) is 0 Å². The average molecular weight is 600 g/mol. The third kappa shape index (κ3) is 9.94. The van der Waals surface area contributed by atoms with Gasteiger partial charge in [0.05, 0.1) is 0 Å². The van der Waals surface area contributed by atoms with Crippen LogP contribution in [-0.4, -0.2) is 116 Å². The molecular weight excluding hydrogens is 565 g/mol. The molecule has 2 amide bonds. The van der Waals surface area contributed by atoms with Crippen LogP contribution in [0.15, 0.2) is 48.5 Å². The fourth-order valence-corrected chi connectivity index (χ4v) is 4.56. The molecular formula is C28H34F5N5O4. The predicted octanol–water partition coefficient (Wildman–Crippen LogP) is 2.68. The quantitative estimate of drug-likeness (QED) is 0.451. The van der Waals surface area contributed by atoms with Crippen molar-refractivity contribution >= 4 is 23.5 Å². The summed E-state index contributed by atoms with van der Waals surface area (Å²) in [5.41, 5.74) is 1.29. The molecule has 4 rings (SSSR count). The first-order valence-electron chi connectivity index (χ1n) is 13.5. The molecule has 14 heteroatoms. The number of benzene rings is 2. The lowest BCUT2D eigenvalue weighted by molar-refractivity contribution is -0.192. The van der Waals surface area contributed by atoms with Gasteiger partial charge >= 0.3 is 12.1 Å². The molecule has 2 saturated heterocycles. The Morgan fingerprint density at radius 1 is 0.857 bits per heavy atom. The van der Waals surface area contributed by atoms with Crippen molar-refractivity contribution < 1.29 is 41.4 Å². The highest BCUT2D eigenvalue weighted by atomic mass is 19.4. The van der Waals surface area contributed by atoms with Crippen molar-refractivity contribution in [2.45, 2.75) is 12.6 Å².